The lowest BCUT2D eigenvalue weighted by molar-refractivity contribution is 0.0996. The van der Waals surface area contributed by atoms with Gasteiger partial charge in [0.15, 0.2) is 17.3 Å². The molecule has 0 aliphatic heterocycles. The smallest absolute Gasteiger partial charge is 0.316 e. The molecule has 0 saturated carbocycles. The monoisotopic (exact) mass is 281 g/mol. The van der Waals surface area contributed by atoms with Crippen LogP contribution >= 0.6 is 0 Å². The highest BCUT2D eigenvalue weighted by molar-refractivity contribution is 6.00. The summed E-state index contributed by atoms with van der Waals surface area (Å²) in [5.41, 5.74) is 9.89. The summed E-state index contributed by atoms with van der Waals surface area (Å²) in [6, 6.07) is 2.10. The molecular weight excluding hydrogens is 272 g/mol. The SMILES string of the molecule is NC(=O)Nc1cn(-c2ccc(F)c(F)c2)nc1C(N)=O. The van der Waals surface area contributed by atoms with Gasteiger partial charge in [0.05, 0.1) is 17.6 Å². The number of aromatic nitrogens is 2. The summed E-state index contributed by atoms with van der Waals surface area (Å²) in [6.07, 6.45) is 1.21. The van der Waals surface area contributed by atoms with Crippen molar-refractivity contribution in [1.29, 1.82) is 0 Å². The molecule has 1 heterocycles. The lowest BCUT2D eigenvalue weighted by Gasteiger charge is -2.01. The molecule has 1 aromatic heterocycles. The molecule has 5 N–H and O–H groups in total. The average molecular weight is 281 g/mol. The van der Waals surface area contributed by atoms with Gasteiger partial charge in [-0.25, -0.2) is 18.3 Å². The molecule has 0 aliphatic rings. The summed E-state index contributed by atoms with van der Waals surface area (Å²) in [7, 11) is 0. The number of hydrogen-bond acceptors (Lipinski definition) is 3. The Labute approximate surface area is 111 Å². The first-order chi connectivity index (χ1) is 9.38. The predicted octanol–water partition coefficient (Wildman–Crippen LogP) is 0.740. The largest absolute Gasteiger partial charge is 0.364 e. The van der Waals surface area contributed by atoms with Crippen molar-refractivity contribution in [2.24, 2.45) is 11.5 Å². The van der Waals surface area contributed by atoms with Crippen molar-refractivity contribution < 1.29 is 18.4 Å². The van der Waals surface area contributed by atoms with Crippen molar-refractivity contribution >= 4 is 17.6 Å². The minimum absolute atomic E-state index is 0.0327. The van der Waals surface area contributed by atoms with Crippen LogP contribution in [0.4, 0.5) is 19.3 Å². The van der Waals surface area contributed by atoms with Gasteiger partial charge in [0.2, 0.25) is 0 Å². The number of rotatable bonds is 3. The van der Waals surface area contributed by atoms with Gasteiger partial charge in [-0.05, 0) is 12.1 Å². The van der Waals surface area contributed by atoms with E-state index in [1.165, 1.54) is 12.3 Å². The number of nitrogens with one attached hydrogen (secondary N) is 1. The van der Waals surface area contributed by atoms with E-state index in [4.69, 9.17) is 11.5 Å². The van der Waals surface area contributed by atoms with Crippen LogP contribution in [0.1, 0.15) is 10.5 Å². The van der Waals surface area contributed by atoms with Crippen molar-refractivity contribution in [3.8, 4) is 5.69 Å². The van der Waals surface area contributed by atoms with Crippen LogP contribution in [0.3, 0.4) is 0 Å². The van der Waals surface area contributed by atoms with Gasteiger partial charge >= 0.3 is 6.03 Å². The highest BCUT2D eigenvalue weighted by Gasteiger charge is 2.16. The van der Waals surface area contributed by atoms with Crippen LogP contribution in [0.15, 0.2) is 24.4 Å². The minimum atomic E-state index is -1.08. The van der Waals surface area contributed by atoms with Crippen LogP contribution in [-0.2, 0) is 0 Å². The summed E-state index contributed by atoms with van der Waals surface area (Å²) < 4.78 is 27.1. The second-order valence-corrected chi connectivity index (χ2v) is 3.79. The fraction of sp³-hybridized carbons (Fsp3) is 0. The van der Waals surface area contributed by atoms with Gasteiger partial charge in [-0.15, -0.1) is 0 Å². The summed E-state index contributed by atoms with van der Waals surface area (Å²) in [6.45, 7) is 0. The van der Waals surface area contributed by atoms with E-state index < -0.39 is 23.6 Å². The Hall–Kier alpha value is -2.97. The highest BCUT2D eigenvalue weighted by Crippen LogP contribution is 2.18. The molecule has 0 saturated heterocycles. The molecule has 0 radical (unpaired) electrons. The molecule has 0 spiro atoms. The first-order valence-electron chi connectivity index (χ1n) is 5.30. The molecule has 0 aliphatic carbocycles. The van der Waals surface area contributed by atoms with E-state index in [0.29, 0.717) is 0 Å². The van der Waals surface area contributed by atoms with Crippen LogP contribution < -0.4 is 16.8 Å². The Morgan fingerprint density at radius 1 is 1.20 bits per heavy atom. The molecule has 0 atom stereocenters. The van der Waals surface area contributed by atoms with Crippen LogP contribution in [0, 0.1) is 11.6 Å². The maximum atomic E-state index is 13.1. The molecule has 3 amide bonds. The van der Waals surface area contributed by atoms with E-state index in [-0.39, 0.29) is 17.1 Å². The number of nitrogens with two attached hydrogens (primary N) is 2. The number of hydrogen-bond donors (Lipinski definition) is 3. The number of halogens is 2. The molecule has 7 nitrogen and oxygen atoms in total. The lowest BCUT2D eigenvalue weighted by atomic mass is 10.3. The number of carbonyl (C=O) groups excluding carboxylic acids is 2. The van der Waals surface area contributed by atoms with Gasteiger partial charge in [-0.3, -0.25) is 4.79 Å². The second-order valence-electron chi connectivity index (χ2n) is 3.79. The Morgan fingerprint density at radius 2 is 1.90 bits per heavy atom. The zero-order valence-electron chi connectivity index (χ0n) is 9.93. The van der Waals surface area contributed by atoms with Crippen LogP contribution in [0.2, 0.25) is 0 Å². The standard InChI is InChI=1S/C11H9F2N5O2/c12-6-2-1-5(3-7(6)13)18-4-8(16-11(15)20)9(17-18)10(14)19/h1-4H,(H2,14,19)(H3,15,16,20). The van der Waals surface area contributed by atoms with Crippen molar-refractivity contribution in [3.05, 3.63) is 41.7 Å². The van der Waals surface area contributed by atoms with Crippen LogP contribution in [0.5, 0.6) is 0 Å². The number of primary amides is 2. The van der Waals surface area contributed by atoms with E-state index in [1.807, 2.05) is 0 Å². The Kier molecular flexibility index (Phi) is 3.34. The van der Waals surface area contributed by atoms with Gasteiger partial charge < -0.3 is 16.8 Å². The number of carbonyl (C=O) groups is 2. The quantitative estimate of drug-likeness (QED) is 0.770. The molecule has 0 bridgehead atoms. The van der Waals surface area contributed by atoms with Crippen LogP contribution in [-0.4, -0.2) is 21.7 Å². The van der Waals surface area contributed by atoms with Crippen molar-refractivity contribution in [2.75, 3.05) is 5.32 Å². The third kappa shape index (κ3) is 2.55. The number of urea groups is 1. The van der Waals surface area contributed by atoms with Gasteiger partial charge in [0.1, 0.15) is 0 Å². The number of amides is 3. The molecule has 1 aromatic carbocycles. The Bertz CT molecular complexity index is 698. The summed E-state index contributed by atoms with van der Waals surface area (Å²) >= 11 is 0. The Balaban J connectivity index is 2.49. The number of anilines is 1. The van der Waals surface area contributed by atoms with E-state index >= 15 is 0 Å². The summed E-state index contributed by atoms with van der Waals surface area (Å²) in [4.78, 5) is 22.0. The average Bonchev–Trinajstić information content (AvgIpc) is 2.76. The third-order valence-corrected chi connectivity index (χ3v) is 2.37. The minimum Gasteiger partial charge on any atom is -0.364 e. The lowest BCUT2D eigenvalue weighted by Crippen LogP contribution is -2.22. The van der Waals surface area contributed by atoms with E-state index in [1.54, 1.807) is 0 Å². The zero-order chi connectivity index (χ0) is 14.9. The van der Waals surface area contributed by atoms with Gasteiger partial charge in [-0.1, -0.05) is 0 Å². The Morgan fingerprint density at radius 3 is 2.45 bits per heavy atom. The summed E-state index contributed by atoms with van der Waals surface area (Å²) in [5, 5.41) is 5.94. The molecule has 2 aromatic rings. The fourth-order valence-corrected chi connectivity index (χ4v) is 1.54. The molecule has 20 heavy (non-hydrogen) atoms. The molecule has 104 valence electrons. The number of benzene rings is 1. The van der Waals surface area contributed by atoms with E-state index in [0.717, 1.165) is 16.8 Å². The topological polar surface area (TPSA) is 116 Å². The first-order valence-corrected chi connectivity index (χ1v) is 5.30. The molecule has 0 fully saturated rings. The maximum Gasteiger partial charge on any atom is 0.316 e. The molecular formula is C11H9F2N5O2. The van der Waals surface area contributed by atoms with Gasteiger partial charge in [0.25, 0.3) is 5.91 Å². The number of nitrogens with zero attached hydrogens (tertiary/aromatic N) is 2. The third-order valence-electron chi connectivity index (χ3n) is 2.37. The van der Waals surface area contributed by atoms with Crippen molar-refractivity contribution in [3.63, 3.8) is 0 Å². The normalized spacial score (nSPS) is 10.3. The summed E-state index contributed by atoms with van der Waals surface area (Å²) in [5.74, 6) is -3.01. The van der Waals surface area contributed by atoms with Crippen molar-refractivity contribution in [1.82, 2.24) is 9.78 Å². The first kappa shape index (κ1) is 13.5. The maximum absolute atomic E-state index is 13.1. The highest BCUT2D eigenvalue weighted by atomic mass is 19.2. The predicted molar refractivity (Wildman–Crippen MR) is 65.2 cm³/mol. The van der Waals surface area contributed by atoms with Gasteiger partial charge in [-0.2, -0.15) is 5.10 Å². The molecule has 2 rings (SSSR count). The fourth-order valence-electron chi connectivity index (χ4n) is 1.54. The second kappa shape index (κ2) is 4.96. The zero-order valence-corrected chi connectivity index (χ0v) is 9.93. The molecule has 0 unspecified atom stereocenters. The van der Waals surface area contributed by atoms with Gasteiger partial charge in [0, 0.05) is 6.07 Å². The molecule has 9 heteroatoms. The van der Waals surface area contributed by atoms with Crippen molar-refractivity contribution in [2.45, 2.75) is 0 Å². The van der Waals surface area contributed by atoms with E-state index in [2.05, 4.69) is 10.4 Å². The van der Waals surface area contributed by atoms with E-state index in [9.17, 15) is 18.4 Å². The van der Waals surface area contributed by atoms with Crippen LogP contribution in [0.25, 0.3) is 5.69 Å².